The molecular weight excluding hydrogens is 380 g/mol. The maximum atomic E-state index is 13.7. The number of amides is 1. The average molecular weight is 397 g/mol. The lowest BCUT2D eigenvalue weighted by molar-refractivity contribution is -0.123. The van der Waals surface area contributed by atoms with Crippen molar-refractivity contribution < 1.29 is 27.8 Å². The van der Waals surface area contributed by atoms with Gasteiger partial charge in [-0.2, -0.15) is 0 Å². The van der Waals surface area contributed by atoms with Crippen molar-refractivity contribution in [2.24, 2.45) is 0 Å². The van der Waals surface area contributed by atoms with E-state index in [1.165, 1.54) is 19.1 Å². The molecule has 0 saturated heterocycles. The number of hydrogen-bond acceptors (Lipinski definition) is 4. The van der Waals surface area contributed by atoms with E-state index in [9.17, 15) is 18.4 Å². The van der Waals surface area contributed by atoms with Gasteiger partial charge in [0.1, 0.15) is 34.4 Å². The van der Waals surface area contributed by atoms with Gasteiger partial charge in [0.05, 0.1) is 0 Å². The molecule has 0 heterocycles. The van der Waals surface area contributed by atoms with E-state index in [4.69, 9.17) is 9.47 Å². The fraction of sp³-hybridized carbons (Fsp3) is 0.0909. The van der Waals surface area contributed by atoms with E-state index in [0.29, 0.717) is 5.75 Å². The number of anilines is 1. The van der Waals surface area contributed by atoms with Gasteiger partial charge in [-0.3, -0.25) is 4.79 Å². The largest absolute Gasteiger partial charge is 0.456 e. The Morgan fingerprint density at radius 2 is 1.48 bits per heavy atom. The van der Waals surface area contributed by atoms with Gasteiger partial charge in [-0.25, -0.2) is 13.6 Å². The molecule has 0 aliphatic heterocycles. The molecular formula is C22H17F2NO4. The molecule has 7 heteroatoms. The first-order chi connectivity index (χ1) is 14.0. The Labute approximate surface area is 165 Å². The van der Waals surface area contributed by atoms with Gasteiger partial charge in [0.15, 0.2) is 6.10 Å². The molecule has 5 nitrogen and oxygen atoms in total. The number of carbonyl (C=O) groups is 2. The van der Waals surface area contributed by atoms with Gasteiger partial charge in [0.25, 0.3) is 5.91 Å². The minimum absolute atomic E-state index is 0.105. The summed E-state index contributed by atoms with van der Waals surface area (Å²) in [6, 6.07) is 18.4. The van der Waals surface area contributed by atoms with Crippen LogP contribution in [0.4, 0.5) is 14.5 Å². The van der Waals surface area contributed by atoms with E-state index in [1.807, 2.05) is 6.07 Å². The van der Waals surface area contributed by atoms with Crippen molar-refractivity contribution in [2.75, 3.05) is 5.32 Å². The first-order valence-electron chi connectivity index (χ1n) is 8.73. The Bertz CT molecular complexity index is 1000. The van der Waals surface area contributed by atoms with Crippen LogP contribution in [0.15, 0.2) is 72.8 Å². The molecule has 0 aromatic heterocycles. The number of carbonyl (C=O) groups excluding carboxylic acids is 2. The summed E-state index contributed by atoms with van der Waals surface area (Å²) in [4.78, 5) is 24.7. The molecule has 0 radical (unpaired) electrons. The van der Waals surface area contributed by atoms with Crippen molar-refractivity contribution in [3.05, 3.63) is 90.0 Å². The SMILES string of the molecule is CC(OC(=O)c1ccccc1Oc1ccccc1)C(=O)Nc1c(F)cccc1F. The summed E-state index contributed by atoms with van der Waals surface area (Å²) in [6.07, 6.45) is -1.30. The normalized spacial score (nSPS) is 11.4. The number of esters is 1. The number of rotatable bonds is 6. The number of halogens is 2. The maximum absolute atomic E-state index is 13.7. The molecule has 3 aromatic rings. The Kier molecular flexibility index (Phi) is 6.19. The van der Waals surface area contributed by atoms with Crippen LogP contribution in [0.3, 0.4) is 0 Å². The van der Waals surface area contributed by atoms with Gasteiger partial charge in [-0.05, 0) is 43.3 Å². The number of para-hydroxylation sites is 3. The van der Waals surface area contributed by atoms with Crippen molar-refractivity contribution >= 4 is 17.6 Å². The summed E-state index contributed by atoms with van der Waals surface area (Å²) in [6.45, 7) is 1.30. The molecule has 148 valence electrons. The zero-order chi connectivity index (χ0) is 20.8. The van der Waals surface area contributed by atoms with Crippen LogP contribution in [0, 0.1) is 11.6 Å². The van der Waals surface area contributed by atoms with Crippen LogP contribution in [0.5, 0.6) is 11.5 Å². The first kappa shape index (κ1) is 20.0. The molecule has 3 rings (SSSR count). The second-order valence-electron chi connectivity index (χ2n) is 6.04. The van der Waals surface area contributed by atoms with E-state index in [2.05, 4.69) is 5.32 Å². The highest BCUT2D eigenvalue weighted by Crippen LogP contribution is 2.26. The molecule has 0 aliphatic carbocycles. The molecule has 1 unspecified atom stereocenters. The van der Waals surface area contributed by atoms with Crippen molar-refractivity contribution in [1.29, 1.82) is 0 Å². The molecule has 0 spiro atoms. The summed E-state index contributed by atoms with van der Waals surface area (Å²) in [7, 11) is 0. The van der Waals surface area contributed by atoms with Crippen LogP contribution in [-0.4, -0.2) is 18.0 Å². The van der Waals surface area contributed by atoms with E-state index in [1.54, 1.807) is 42.5 Å². The lowest BCUT2D eigenvalue weighted by atomic mass is 10.2. The van der Waals surface area contributed by atoms with E-state index in [0.717, 1.165) is 12.1 Å². The summed E-state index contributed by atoms with van der Waals surface area (Å²) in [5, 5.41) is 2.09. The summed E-state index contributed by atoms with van der Waals surface area (Å²) in [5.41, 5.74) is -0.499. The Morgan fingerprint density at radius 1 is 0.862 bits per heavy atom. The predicted octanol–water partition coefficient (Wildman–Crippen LogP) is 4.94. The molecule has 1 N–H and O–H groups in total. The second kappa shape index (κ2) is 8.97. The van der Waals surface area contributed by atoms with Crippen molar-refractivity contribution in [3.63, 3.8) is 0 Å². The molecule has 0 fully saturated rings. The lowest BCUT2D eigenvalue weighted by Crippen LogP contribution is -2.30. The van der Waals surface area contributed by atoms with Crippen LogP contribution in [0.1, 0.15) is 17.3 Å². The van der Waals surface area contributed by atoms with Gasteiger partial charge in [0, 0.05) is 0 Å². The zero-order valence-corrected chi connectivity index (χ0v) is 15.4. The van der Waals surface area contributed by atoms with Crippen molar-refractivity contribution in [3.8, 4) is 11.5 Å². The van der Waals surface area contributed by atoms with E-state index in [-0.39, 0.29) is 11.3 Å². The van der Waals surface area contributed by atoms with Gasteiger partial charge >= 0.3 is 5.97 Å². The highest BCUT2D eigenvalue weighted by atomic mass is 19.1. The van der Waals surface area contributed by atoms with E-state index >= 15 is 0 Å². The number of nitrogens with one attached hydrogen (secondary N) is 1. The minimum Gasteiger partial charge on any atom is -0.456 e. The molecule has 0 saturated carbocycles. The summed E-state index contributed by atoms with van der Waals surface area (Å²) >= 11 is 0. The van der Waals surface area contributed by atoms with Crippen LogP contribution < -0.4 is 10.1 Å². The van der Waals surface area contributed by atoms with Crippen LogP contribution >= 0.6 is 0 Å². The second-order valence-corrected chi connectivity index (χ2v) is 6.04. The van der Waals surface area contributed by atoms with E-state index < -0.39 is 35.3 Å². The molecule has 3 aromatic carbocycles. The standard InChI is InChI=1S/C22H17F2NO4/c1-14(21(26)25-20-17(23)11-7-12-18(20)24)28-22(27)16-10-5-6-13-19(16)29-15-8-3-2-4-9-15/h2-14H,1H3,(H,25,26). The third-order valence-corrected chi connectivity index (χ3v) is 3.94. The summed E-state index contributed by atoms with van der Waals surface area (Å²) in [5.74, 6) is -2.78. The number of benzene rings is 3. The Balaban J connectivity index is 1.71. The number of ether oxygens (including phenoxy) is 2. The maximum Gasteiger partial charge on any atom is 0.342 e. The fourth-order valence-electron chi connectivity index (χ4n) is 2.46. The zero-order valence-electron chi connectivity index (χ0n) is 15.4. The highest BCUT2D eigenvalue weighted by Gasteiger charge is 2.23. The predicted molar refractivity (Wildman–Crippen MR) is 103 cm³/mol. The molecule has 29 heavy (non-hydrogen) atoms. The molecule has 1 atom stereocenters. The Hall–Kier alpha value is -3.74. The summed E-state index contributed by atoms with van der Waals surface area (Å²) < 4.78 is 38.2. The third-order valence-electron chi connectivity index (χ3n) is 3.94. The quantitative estimate of drug-likeness (QED) is 0.599. The van der Waals surface area contributed by atoms with Crippen LogP contribution in [-0.2, 0) is 9.53 Å². The van der Waals surface area contributed by atoms with Gasteiger partial charge < -0.3 is 14.8 Å². The topological polar surface area (TPSA) is 64.6 Å². The van der Waals surface area contributed by atoms with Crippen molar-refractivity contribution in [2.45, 2.75) is 13.0 Å². The van der Waals surface area contributed by atoms with Crippen molar-refractivity contribution in [1.82, 2.24) is 0 Å². The third kappa shape index (κ3) is 4.95. The molecule has 0 aliphatic rings. The van der Waals surface area contributed by atoms with Crippen LogP contribution in [0.2, 0.25) is 0 Å². The van der Waals surface area contributed by atoms with Crippen LogP contribution in [0.25, 0.3) is 0 Å². The minimum atomic E-state index is -1.30. The molecule has 0 bridgehead atoms. The number of hydrogen-bond donors (Lipinski definition) is 1. The monoisotopic (exact) mass is 397 g/mol. The van der Waals surface area contributed by atoms with Gasteiger partial charge in [0.2, 0.25) is 0 Å². The first-order valence-corrected chi connectivity index (χ1v) is 8.73. The highest BCUT2D eigenvalue weighted by molar-refractivity contribution is 5.98. The average Bonchev–Trinajstić information content (AvgIpc) is 2.71. The van der Waals surface area contributed by atoms with Gasteiger partial charge in [-0.1, -0.05) is 36.4 Å². The lowest BCUT2D eigenvalue weighted by Gasteiger charge is -2.16. The molecule has 1 amide bonds. The fourth-order valence-corrected chi connectivity index (χ4v) is 2.46. The Morgan fingerprint density at radius 3 is 2.17 bits per heavy atom. The van der Waals surface area contributed by atoms with Gasteiger partial charge in [-0.15, -0.1) is 0 Å². The smallest absolute Gasteiger partial charge is 0.342 e.